The predicted molar refractivity (Wildman–Crippen MR) is 60.2 cm³/mol. The molecule has 2 amide bonds. The third-order valence-electron chi connectivity index (χ3n) is 3.03. The zero-order valence-corrected chi connectivity index (χ0v) is 9.88. The fraction of sp³-hybridized carbons (Fsp3) is 0.818. The molecule has 1 aliphatic rings. The van der Waals surface area contributed by atoms with E-state index in [1.807, 2.05) is 6.92 Å². The molecule has 3 N–H and O–H groups in total. The van der Waals surface area contributed by atoms with Gasteiger partial charge in [-0.15, -0.1) is 0 Å². The van der Waals surface area contributed by atoms with Gasteiger partial charge < -0.3 is 15.7 Å². The van der Waals surface area contributed by atoms with Gasteiger partial charge in [0.25, 0.3) is 0 Å². The number of aliphatic carboxylic acids is 1. The van der Waals surface area contributed by atoms with Gasteiger partial charge in [0.2, 0.25) is 0 Å². The van der Waals surface area contributed by atoms with E-state index in [9.17, 15) is 9.59 Å². The van der Waals surface area contributed by atoms with E-state index < -0.39 is 11.5 Å². The van der Waals surface area contributed by atoms with Crippen LogP contribution in [-0.2, 0) is 4.79 Å². The Labute approximate surface area is 95.6 Å². The Morgan fingerprint density at radius 2 is 2.06 bits per heavy atom. The lowest BCUT2D eigenvalue weighted by molar-refractivity contribution is -0.144. The van der Waals surface area contributed by atoms with Crippen molar-refractivity contribution >= 4 is 12.0 Å². The van der Waals surface area contributed by atoms with E-state index >= 15 is 0 Å². The number of carboxylic acid groups (broad SMARTS) is 1. The number of carbonyl (C=O) groups excluding carboxylic acids is 1. The smallest absolute Gasteiger partial charge is 0.329 e. The number of carboxylic acids is 1. The van der Waals surface area contributed by atoms with Gasteiger partial charge in [0.15, 0.2) is 0 Å². The third-order valence-corrected chi connectivity index (χ3v) is 3.03. The van der Waals surface area contributed by atoms with Crippen LogP contribution in [0.5, 0.6) is 0 Å². The first-order valence-corrected chi connectivity index (χ1v) is 5.80. The molecule has 1 atom stereocenters. The lowest BCUT2D eigenvalue weighted by atomic mass is 9.96. The van der Waals surface area contributed by atoms with Gasteiger partial charge in [0.1, 0.15) is 5.54 Å². The number of nitrogens with one attached hydrogen (secondary N) is 2. The Kier molecular flexibility index (Phi) is 4.15. The molecular formula is C11H20N2O3. The molecule has 0 heterocycles. The average Bonchev–Trinajstić information content (AvgIpc) is 3.00. The van der Waals surface area contributed by atoms with Gasteiger partial charge in [-0.1, -0.05) is 13.3 Å². The van der Waals surface area contributed by atoms with Gasteiger partial charge >= 0.3 is 12.0 Å². The highest BCUT2D eigenvalue weighted by molar-refractivity contribution is 5.86. The maximum atomic E-state index is 11.5. The zero-order valence-electron chi connectivity index (χ0n) is 9.88. The van der Waals surface area contributed by atoms with E-state index in [2.05, 4.69) is 10.6 Å². The van der Waals surface area contributed by atoms with Crippen LogP contribution in [-0.4, -0.2) is 29.2 Å². The van der Waals surface area contributed by atoms with E-state index in [4.69, 9.17) is 5.11 Å². The summed E-state index contributed by atoms with van der Waals surface area (Å²) in [7, 11) is 0. The maximum absolute atomic E-state index is 11.5. The molecule has 1 fully saturated rings. The standard InChI is InChI=1S/C11H20N2O3/c1-3-4-7-12-10(16)13-11(2,9(14)15)8-5-6-8/h8H,3-7H2,1-2H3,(H,14,15)(H2,12,13,16). The summed E-state index contributed by atoms with van der Waals surface area (Å²) in [5, 5.41) is 14.3. The summed E-state index contributed by atoms with van der Waals surface area (Å²) in [6.07, 6.45) is 3.65. The molecule has 1 unspecified atom stereocenters. The Bertz CT molecular complexity index is 276. The van der Waals surface area contributed by atoms with Crippen molar-refractivity contribution in [2.45, 2.75) is 45.1 Å². The van der Waals surface area contributed by atoms with Gasteiger partial charge in [0.05, 0.1) is 0 Å². The molecule has 92 valence electrons. The minimum atomic E-state index is -1.11. The van der Waals surface area contributed by atoms with Crippen LogP contribution >= 0.6 is 0 Å². The second-order valence-corrected chi connectivity index (χ2v) is 4.52. The van der Waals surface area contributed by atoms with Gasteiger partial charge in [-0.25, -0.2) is 9.59 Å². The number of rotatable bonds is 6. The summed E-state index contributed by atoms with van der Waals surface area (Å²) in [4.78, 5) is 22.6. The number of hydrogen-bond donors (Lipinski definition) is 3. The minimum absolute atomic E-state index is 0.0712. The summed E-state index contributed by atoms with van der Waals surface area (Å²) in [6.45, 7) is 4.19. The Hall–Kier alpha value is -1.26. The van der Waals surface area contributed by atoms with E-state index in [0.717, 1.165) is 25.7 Å². The summed E-state index contributed by atoms with van der Waals surface area (Å²) < 4.78 is 0. The number of urea groups is 1. The van der Waals surface area contributed by atoms with Crippen LogP contribution in [0.4, 0.5) is 4.79 Å². The fourth-order valence-electron chi connectivity index (χ4n) is 1.65. The average molecular weight is 228 g/mol. The zero-order chi connectivity index (χ0) is 12.2. The predicted octanol–water partition coefficient (Wildman–Crippen LogP) is 1.34. The molecule has 0 aromatic carbocycles. The highest BCUT2D eigenvalue weighted by Gasteiger charge is 2.48. The number of unbranched alkanes of at least 4 members (excludes halogenated alkanes) is 1. The summed E-state index contributed by atoms with van der Waals surface area (Å²) >= 11 is 0. The Morgan fingerprint density at radius 3 is 2.50 bits per heavy atom. The third kappa shape index (κ3) is 3.12. The first-order chi connectivity index (χ1) is 7.50. The lowest BCUT2D eigenvalue weighted by Gasteiger charge is -2.26. The molecular weight excluding hydrogens is 208 g/mol. The number of amides is 2. The van der Waals surface area contributed by atoms with Crippen LogP contribution in [0.3, 0.4) is 0 Å². The SMILES string of the molecule is CCCCNC(=O)NC(C)(C(=O)O)C1CC1. The number of carbonyl (C=O) groups is 2. The largest absolute Gasteiger partial charge is 0.480 e. The Morgan fingerprint density at radius 1 is 1.44 bits per heavy atom. The second-order valence-electron chi connectivity index (χ2n) is 4.52. The van der Waals surface area contributed by atoms with Gasteiger partial charge in [-0.05, 0) is 32.1 Å². The molecule has 1 rings (SSSR count). The van der Waals surface area contributed by atoms with Crippen LogP contribution in [0.25, 0.3) is 0 Å². The number of hydrogen-bond acceptors (Lipinski definition) is 2. The van der Waals surface area contributed by atoms with Gasteiger partial charge in [-0.3, -0.25) is 0 Å². The van der Waals surface area contributed by atoms with E-state index in [1.54, 1.807) is 6.92 Å². The van der Waals surface area contributed by atoms with E-state index in [0.29, 0.717) is 6.54 Å². The molecule has 5 heteroatoms. The van der Waals surface area contributed by atoms with Crippen molar-refractivity contribution in [1.29, 1.82) is 0 Å². The topological polar surface area (TPSA) is 78.4 Å². The normalized spacial score (nSPS) is 18.6. The van der Waals surface area contributed by atoms with Crippen LogP contribution in [0.15, 0.2) is 0 Å². The maximum Gasteiger partial charge on any atom is 0.329 e. The molecule has 0 radical (unpaired) electrons. The fourth-order valence-corrected chi connectivity index (χ4v) is 1.65. The lowest BCUT2D eigenvalue weighted by Crippen LogP contribution is -2.56. The van der Waals surface area contributed by atoms with Crippen molar-refractivity contribution in [3.05, 3.63) is 0 Å². The van der Waals surface area contributed by atoms with Gasteiger partial charge in [-0.2, -0.15) is 0 Å². The second kappa shape index (κ2) is 5.18. The molecule has 0 aromatic rings. The van der Waals surface area contributed by atoms with Crippen molar-refractivity contribution in [1.82, 2.24) is 10.6 Å². The van der Waals surface area contributed by atoms with Crippen LogP contribution < -0.4 is 10.6 Å². The van der Waals surface area contributed by atoms with E-state index in [-0.39, 0.29) is 11.9 Å². The molecule has 1 saturated carbocycles. The minimum Gasteiger partial charge on any atom is -0.480 e. The van der Waals surface area contributed by atoms with E-state index in [1.165, 1.54) is 0 Å². The van der Waals surface area contributed by atoms with Crippen molar-refractivity contribution in [2.24, 2.45) is 5.92 Å². The highest BCUT2D eigenvalue weighted by Crippen LogP contribution is 2.39. The molecule has 5 nitrogen and oxygen atoms in total. The van der Waals surface area contributed by atoms with Crippen LogP contribution in [0.1, 0.15) is 39.5 Å². The summed E-state index contributed by atoms with van der Waals surface area (Å²) in [5.41, 5.74) is -1.11. The molecule has 0 bridgehead atoms. The van der Waals surface area contributed by atoms with Crippen LogP contribution in [0.2, 0.25) is 0 Å². The molecule has 1 aliphatic carbocycles. The molecule has 0 saturated heterocycles. The van der Waals surface area contributed by atoms with Crippen LogP contribution in [0, 0.1) is 5.92 Å². The van der Waals surface area contributed by atoms with Crippen molar-refractivity contribution in [2.75, 3.05) is 6.54 Å². The Balaban J connectivity index is 2.43. The first kappa shape index (κ1) is 12.8. The molecule has 0 spiro atoms. The molecule has 0 aliphatic heterocycles. The molecule has 16 heavy (non-hydrogen) atoms. The van der Waals surface area contributed by atoms with Gasteiger partial charge in [0, 0.05) is 6.54 Å². The van der Waals surface area contributed by atoms with Crippen molar-refractivity contribution < 1.29 is 14.7 Å². The monoisotopic (exact) mass is 228 g/mol. The summed E-state index contributed by atoms with van der Waals surface area (Å²) in [6, 6.07) is -0.384. The highest BCUT2D eigenvalue weighted by atomic mass is 16.4. The summed E-state index contributed by atoms with van der Waals surface area (Å²) in [5.74, 6) is -0.887. The first-order valence-electron chi connectivity index (χ1n) is 5.80. The molecule has 0 aromatic heterocycles. The van der Waals surface area contributed by atoms with Crippen molar-refractivity contribution in [3.8, 4) is 0 Å². The van der Waals surface area contributed by atoms with Crippen molar-refractivity contribution in [3.63, 3.8) is 0 Å². The quantitative estimate of drug-likeness (QED) is 0.600.